The molecule has 15 heavy (non-hydrogen) atoms. The third-order valence-corrected chi connectivity index (χ3v) is 2.46. The zero-order valence-corrected chi connectivity index (χ0v) is 9.11. The van der Waals surface area contributed by atoms with Crippen LogP contribution in [0.5, 0.6) is 0 Å². The standard InChI is InChI=1S/C10H13ClN4/c11-9-1-3-10(4-2-9)13-14-15-7-5-12-6-8-15/h1-4,12H,5-8H2. The summed E-state index contributed by atoms with van der Waals surface area (Å²) < 4.78 is 0. The van der Waals surface area contributed by atoms with Crippen molar-refractivity contribution < 1.29 is 0 Å². The van der Waals surface area contributed by atoms with Crippen LogP contribution in [-0.2, 0) is 0 Å². The summed E-state index contributed by atoms with van der Waals surface area (Å²) in [6.45, 7) is 3.77. The van der Waals surface area contributed by atoms with E-state index in [9.17, 15) is 0 Å². The van der Waals surface area contributed by atoms with Gasteiger partial charge < -0.3 is 5.32 Å². The first-order valence-electron chi connectivity index (χ1n) is 4.97. The lowest BCUT2D eigenvalue weighted by molar-refractivity contribution is 0.237. The van der Waals surface area contributed by atoms with E-state index in [0.29, 0.717) is 0 Å². The second-order valence-electron chi connectivity index (χ2n) is 3.37. The number of hydrogen-bond donors (Lipinski definition) is 1. The molecule has 0 unspecified atom stereocenters. The topological polar surface area (TPSA) is 40.0 Å². The lowest BCUT2D eigenvalue weighted by atomic mass is 10.3. The minimum absolute atomic E-state index is 0.719. The Morgan fingerprint density at radius 3 is 2.47 bits per heavy atom. The second-order valence-corrected chi connectivity index (χ2v) is 3.81. The molecule has 1 N–H and O–H groups in total. The summed E-state index contributed by atoms with van der Waals surface area (Å²) >= 11 is 5.77. The molecule has 80 valence electrons. The number of halogens is 1. The van der Waals surface area contributed by atoms with Crippen molar-refractivity contribution in [1.29, 1.82) is 0 Å². The molecule has 4 nitrogen and oxygen atoms in total. The molecule has 2 rings (SSSR count). The lowest BCUT2D eigenvalue weighted by Gasteiger charge is -2.22. The van der Waals surface area contributed by atoms with Crippen LogP contribution in [0.3, 0.4) is 0 Å². The largest absolute Gasteiger partial charge is 0.313 e. The lowest BCUT2D eigenvalue weighted by Crippen LogP contribution is -2.40. The molecule has 0 amide bonds. The minimum atomic E-state index is 0.719. The SMILES string of the molecule is Clc1ccc(N=NN2CCNCC2)cc1. The van der Waals surface area contributed by atoms with Crippen LogP contribution in [0.25, 0.3) is 0 Å². The van der Waals surface area contributed by atoms with Crippen LogP contribution >= 0.6 is 11.6 Å². The Morgan fingerprint density at radius 2 is 1.80 bits per heavy atom. The highest BCUT2D eigenvalue weighted by molar-refractivity contribution is 6.30. The molecule has 5 heteroatoms. The van der Waals surface area contributed by atoms with E-state index >= 15 is 0 Å². The Hall–Kier alpha value is -1.13. The van der Waals surface area contributed by atoms with Crippen molar-refractivity contribution in [3.63, 3.8) is 0 Å². The van der Waals surface area contributed by atoms with Gasteiger partial charge in [0.2, 0.25) is 0 Å². The van der Waals surface area contributed by atoms with E-state index in [4.69, 9.17) is 11.6 Å². The fourth-order valence-electron chi connectivity index (χ4n) is 1.37. The van der Waals surface area contributed by atoms with Gasteiger partial charge in [-0.05, 0) is 24.3 Å². The third-order valence-electron chi connectivity index (χ3n) is 2.21. The molecule has 0 aromatic heterocycles. The number of nitrogens with one attached hydrogen (secondary N) is 1. The van der Waals surface area contributed by atoms with Gasteiger partial charge in [-0.3, -0.25) is 5.01 Å². The second kappa shape index (κ2) is 5.09. The first kappa shape index (κ1) is 10.4. The summed E-state index contributed by atoms with van der Waals surface area (Å²) in [6.07, 6.45) is 0. The van der Waals surface area contributed by atoms with Crippen LogP contribution < -0.4 is 5.32 Å². The van der Waals surface area contributed by atoms with Gasteiger partial charge in [-0.2, -0.15) is 0 Å². The van der Waals surface area contributed by atoms with Crippen LogP contribution in [0.15, 0.2) is 34.6 Å². The molecule has 1 saturated heterocycles. The molecular weight excluding hydrogens is 212 g/mol. The van der Waals surface area contributed by atoms with Crippen LogP contribution in [-0.4, -0.2) is 31.2 Å². The first-order valence-corrected chi connectivity index (χ1v) is 5.35. The average molecular weight is 225 g/mol. The first-order chi connectivity index (χ1) is 7.34. The fourth-order valence-corrected chi connectivity index (χ4v) is 1.49. The highest BCUT2D eigenvalue weighted by Gasteiger charge is 2.05. The number of nitrogens with zero attached hydrogens (tertiary/aromatic N) is 3. The molecule has 0 saturated carbocycles. The van der Waals surface area contributed by atoms with Gasteiger partial charge in [-0.25, -0.2) is 0 Å². The Bertz CT molecular complexity index is 330. The third kappa shape index (κ3) is 3.18. The monoisotopic (exact) mass is 224 g/mol. The summed E-state index contributed by atoms with van der Waals surface area (Å²) in [5.41, 5.74) is 0.831. The Balaban J connectivity index is 1.95. The van der Waals surface area contributed by atoms with E-state index in [1.54, 1.807) is 0 Å². The van der Waals surface area contributed by atoms with Gasteiger partial charge in [0, 0.05) is 18.1 Å². The van der Waals surface area contributed by atoms with E-state index in [1.165, 1.54) is 0 Å². The summed E-state index contributed by atoms with van der Waals surface area (Å²) in [6, 6.07) is 7.34. The quantitative estimate of drug-likeness (QED) is 0.783. The van der Waals surface area contributed by atoms with E-state index in [2.05, 4.69) is 15.7 Å². The van der Waals surface area contributed by atoms with Crippen molar-refractivity contribution in [3.8, 4) is 0 Å². The molecule has 1 aliphatic heterocycles. The van der Waals surface area contributed by atoms with E-state index in [-0.39, 0.29) is 0 Å². The van der Waals surface area contributed by atoms with Gasteiger partial charge in [0.1, 0.15) is 0 Å². The molecule has 0 atom stereocenters. The summed E-state index contributed by atoms with van der Waals surface area (Å²) in [5.74, 6) is 0. The number of benzene rings is 1. The maximum atomic E-state index is 5.77. The predicted octanol–water partition coefficient (Wildman–Crippen LogP) is 2.24. The average Bonchev–Trinajstić information content (AvgIpc) is 2.30. The van der Waals surface area contributed by atoms with Gasteiger partial charge in [-0.15, -0.1) is 5.11 Å². The molecule has 0 spiro atoms. The molecule has 1 aromatic carbocycles. The highest BCUT2D eigenvalue weighted by atomic mass is 35.5. The Morgan fingerprint density at radius 1 is 1.13 bits per heavy atom. The molecule has 1 heterocycles. The number of hydrogen-bond acceptors (Lipinski definition) is 3. The number of rotatable bonds is 2. The van der Waals surface area contributed by atoms with E-state index in [1.807, 2.05) is 29.3 Å². The van der Waals surface area contributed by atoms with Crippen molar-refractivity contribution in [2.75, 3.05) is 26.2 Å². The van der Waals surface area contributed by atoms with E-state index < -0.39 is 0 Å². The summed E-state index contributed by atoms with van der Waals surface area (Å²) in [4.78, 5) is 0. The minimum Gasteiger partial charge on any atom is -0.313 e. The Labute approximate surface area is 93.9 Å². The van der Waals surface area contributed by atoms with Crippen LogP contribution in [0.1, 0.15) is 0 Å². The van der Waals surface area contributed by atoms with Gasteiger partial charge in [0.25, 0.3) is 0 Å². The van der Waals surface area contributed by atoms with Gasteiger partial charge >= 0.3 is 0 Å². The number of piperazine rings is 1. The molecule has 0 aliphatic carbocycles. The molecule has 0 bridgehead atoms. The molecular formula is C10H13ClN4. The molecule has 1 fully saturated rings. The highest BCUT2D eigenvalue weighted by Crippen LogP contribution is 2.16. The molecule has 0 radical (unpaired) electrons. The van der Waals surface area contributed by atoms with Crippen LogP contribution in [0.2, 0.25) is 5.02 Å². The van der Waals surface area contributed by atoms with Crippen LogP contribution in [0.4, 0.5) is 5.69 Å². The molecule has 1 aromatic rings. The predicted molar refractivity (Wildman–Crippen MR) is 60.4 cm³/mol. The smallest absolute Gasteiger partial charge is 0.0875 e. The normalized spacial score (nSPS) is 17.3. The zero-order valence-electron chi connectivity index (χ0n) is 8.36. The summed E-state index contributed by atoms with van der Waals surface area (Å²) in [7, 11) is 0. The van der Waals surface area contributed by atoms with Crippen molar-refractivity contribution in [2.45, 2.75) is 0 Å². The van der Waals surface area contributed by atoms with Crippen molar-refractivity contribution in [2.24, 2.45) is 10.3 Å². The Kier molecular flexibility index (Phi) is 3.53. The van der Waals surface area contributed by atoms with Crippen LogP contribution in [0, 0.1) is 0 Å². The van der Waals surface area contributed by atoms with Gasteiger partial charge in [0.15, 0.2) is 0 Å². The van der Waals surface area contributed by atoms with E-state index in [0.717, 1.165) is 36.9 Å². The van der Waals surface area contributed by atoms with Gasteiger partial charge in [0.05, 0.1) is 18.8 Å². The van der Waals surface area contributed by atoms with Crippen molar-refractivity contribution >= 4 is 17.3 Å². The van der Waals surface area contributed by atoms with Crippen molar-refractivity contribution in [1.82, 2.24) is 10.3 Å². The maximum absolute atomic E-state index is 5.77. The summed E-state index contributed by atoms with van der Waals surface area (Å²) in [5, 5.41) is 14.2. The zero-order chi connectivity index (χ0) is 10.5. The fraction of sp³-hybridized carbons (Fsp3) is 0.400. The van der Waals surface area contributed by atoms with Gasteiger partial charge in [-0.1, -0.05) is 16.8 Å². The van der Waals surface area contributed by atoms with Crippen molar-refractivity contribution in [3.05, 3.63) is 29.3 Å². The maximum Gasteiger partial charge on any atom is 0.0875 e. The molecule has 1 aliphatic rings.